The van der Waals surface area contributed by atoms with Crippen molar-refractivity contribution < 1.29 is 0 Å². The van der Waals surface area contributed by atoms with Crippen LogP contribution in [0.2, 0.25) is 0 Å². The Bertz CT molecular complexity index is 350. The van der Waals surface area contributed by atoms with Crippen LogP contribution in [0.3, 0.4) is 0 Å². The van der Waals surface area contributed by atoms with Gasteiger partial charge in [-0.2, -0.15) is 0 Å². The van der Waals surface area contributed by atoms with Crippen molar-refractivity contribution in [1.82, 2.24) is 5.32 Å². The van der Waals surface area contributed by atoms with Gasteiger partial charge in [-0.3, -0.25) is 0 Å². The van der Waals surface area contributed by atoms with E-state index in [1.54, 1.807) is 0 Å². The Morgan fingerprint density at radius 2 is 2.06 bits per heavy atom. The van der Waals surface area contributed by atoms with Crippen molar-refractivity contribution in [2.75, 3.05) is 6.54 Å². The van der Waals surface area contributed by atoms with Crippen molar-refractivity contribution in [2.45, 2.75) is 38.3 Å². The summed E-state index contributed by atoms with van der Waals surface area (Å²) >= 11 is 3.47. The molecule has 94 valence electrons. The summed E-state index contributed by atoms with van der Waals surface area (Å²) in [5, 5.41) is 3.72. The Morgan fingerprint density at radius 1 is 1.35 bits per heavy atom. The molecule has 0 amide bonds. The monoisotopic (exact) mass is 296 g/mol. The molecule has 0 radical (unpaired) electrons. The minimum atomic E-state index is 0.403. The van der Waals surface area contributed by atoms with Crippen molar-refractivity contribution in [1.29, 1.82) is 0 Å². The van der Waals surface area contributed by atoms with Crippen LogP contribution in [-0.2, 0) is 0 Å². The molecule has 17 heavy (non-hydrogen) atoms. The zero-order valence-electron chi connectivity index (χ0n) is 10.3. The average molecular weight is 297 g/mol. The quantitative estimate of drug-likeness (QED) is 0.895. The lowest BCUT2D eigenvalue weighted by molar-refractivity contribution is 0.374. The summed E-state index contributed by atoms with van der Waals surface area (Å²) < 4.78 is 1.13. The third kappa shape index (κ3) is 3.30. The Hall–Kier alpha value is -0.380. The van der Waals surface area contributed by atoms with Gasteiger partial charge in [-0.25, -0.2) is 0 Å². The predicted molar refractivity (Wildman–Crippen MR) is 75.9 cm³/mol. The number of hydrogen-bond acceptors (Lipinski definition) is 2. The summed E-state index contributed by atoms with van der Waals surface area (Å²) in [6.07, 6.45) is 3.86. The normalized spacial score (nSPS) is 26.1. The molecule has 0 bridgehead atoms. The van der Waals surface area contributed by atoms with Gasteiger partial charge < -0.3 is 11.1 Å². The van der Waals surface area contributed by atoms with E-state index < -0.39 is 0 Å². The highest BCUT2D eigenvalue weighted by Crippen LogP contribution is 2.27. The molecule has 2 nitrogen and oxygen atoms in total. The lowest BCUT2D eigenvalue weighted by Gasteiger charge is -2.24. The van der Waals surface area contributed by atoms with Gasteiger partial charge in [-0.15, -0.1) is 0 Å². The third-order valence-electron chi connectivity index (χ3n) is 3.80. The van der Waals surface area contributed by atoms with Gasteiger partial charge in [0.05, 0.1) is 0 Å². The van der Waals surface area contributed by atoms with Gasteiger partial charge in [-0.05, 0) is 49.9 Å². The van der Waals surface area contributed by atoms with E-state index in [0.717, 1.165) is 11.0 Å². The summed E-state index contributed by atoms with van der Waals surface area (Å²) in [7, 11) is 0. The summed E-state index contributed by atoms with van der Waals surface area (Å²) in [4.78, 5) is 0. The number of rotatable bonds is 4. The second-order valence-corrected chi connectivity index (χ2v) is 5.89. The highest BCUT2D eigenvalue weighted by molar-refractivity contribution is 9.10. The van der Waals surface area contributed by atoms with Crippen LogP contribution in [0.15, 0.2) is 28.7 Å². The number of nitrogens with one attached hydrogen (secondary N) is 1. The van der Waals surface area contributed by atoms with Crippen LogP contribution < -0.4 is 11.1 Å². The van der Waals surface area contributed by atoms with Crippen LogP contribution in [0, 0.1) is 5.92 Å². The van der Waals surface area contributed by atoms with Crippen molar-refractivity contribution >= 4 is 15.9 Å². The molecule has 3 heteroatoms. The Morgan fingerprint density at radius 3 is 2.71 bits per heavy atom. The zero-order chi connectivity index (χ0) is 12.3. The van der Waals surface area contributed by atoms with Crippen LogP contribution in [0.1, 0.15) is 37.8 Å². The number of benzene rings is 1. The Balaban J connectivity index is 1.96. The van der Waals surface area contributed by atoms with E-state index in [2.05, 4.69) is 52.4 Å². The number of halogens is 1. The molecule has 1 aromatic carbocycles. The molecule has 1 aliphatic rings. The van der Waals surface area contributed by atoms with Crippen molar-refractivity contribution in [3.63, 3.8) is 0 Å². The van der Waals surface area contributed by atoms with Crippen LogP contribution in [-0.4, -0.2) is 12.6 Å². The van der Waals surface area contributed by atoms with Crippen LogP contribution >= 0.6 is 15.9 Å². The maximum atomic E-state index is 5.81. The SMILES string of the molecule is C[C@@H](NC1CCCC1CN)c1ccc(Br)cc1. The molecule has 1 aliphatic carbocycles. The molecule has 2 rings (SSSR count). The molecular weight excluding hydrogens is 276 g/mol. The first kappa shape index (κ1) is 13.1. The van der Waals surface area contributed by atoms with E-state index in [1.165, 1.54) is 24.8 Å². The molecule has 2 unspecified atom stereocenters. The standard InChI is InChI=1S/C14H21BrN2/c1-10(11-5-7-13(15)8-6-11)17-14-4-2-3-12(14)9-16/h5-8,10,12,14,17H,2-4,9,16H2,1H3/t10-,12?,14?/m1/s1. The van der Waals surface area contributed by atoms with Gasteiger partial charge in [-0.1, -0.05) is 34.5 Å². The third-order valence-corrected chi connectivity index (χ3v) is 4.32. The molecular formula is C14H21BrN2. The smallest absolute Gasteiger partial charge is 0.0294 e. The van der Waals surface area contributed by atoms with Crippen molar-refractivity contribution in [3.8, 4) is 0 Å². The second-order valence-electron chi connectivity index (χ2n) is 4.97. The van der Waals surface area contributed by atoms with E-state index in [-0.39, 0.29) is 0 Å². The molecule has 0 aromatic heterocycles. The molecule has 1 saturated carbocycles. The number of hydrogen-bond donors (Lipinski definition) is 2. The fourth-order valence-corrected chi connectivity index (χ4v) is 2.97. The van der Waals surface area contributed by atoms with Crippen LogP contribution in [0.5, 0.6) is 0 Å². The number of nitrogens with two attached hydrogens (primary N) is 1. The molecule has 1 fully saturated rings. The van der Waals surface area contributed by atoms with Gasteiger partial charge in [0.25, 0.3) is 0 Å². The first-order chi connectivity index (χ1) is 8.20. The van der Waals surface area contributed by atoms with Crippen molar-refractivity contribution in [2.24, 2.45) is 11.7 Å². The minimum absolute atomic E-state index is 0.403. The topological polar surface area (TPSA) is 38.0 Å². The van der Waals surface area contributed by atoms with E-state index in [0.29, 0.717) is 18.0 Å². The summed E-state index contributed by atoms with van der Waals surface area (Å²) in [5.41, 5.74) is 7.16. The molecule has 0 heterocycles. The van der Waals surface area contributed by atoms with E-state index in [4.69, 9.17) is 5.73 Å². The van der Waals surface area contributed by atoms with Gasteiger partial charge in [0.15, 0.2) is 0 Å². The van der Waals surface area contributed by atoms with Crippen molar-refractivity contribution in [3.05, 3.63) is 34.3 Å². The fourth-order valence-electron chi connectivity index (χ4n) is 2.71. The summed E-state index contributed by atoms with van der Waals surface area (Å²) in [6.45, 7) is 3.04. The molecule has 0 aliphatic heterocycles. The first-order valence-electron chi connectivity index (χ1n) is 6.42. The molecule has 0 saturated heterocycles. The maximum Gasteiger partial charge on any atom is 0.0294 e. The fraction of sp³-hybridized carbons (Fsp3) is 0.571. The Labute approximate surface area is 112 Å². The summed E-state index contributed by atoms with van der Waals surface area (Å²) in [5.74, 6) is 0.660. The summed E-state index contributed by atoms with van der Waals surface area (Å²) in [6, 6.07) is 9.55. The maximum absolute atomic E-state index is 5.81. The van der Waals surface area contributed by atoms with E-state index >= 15 is 0 Å². The van der Waals surface area contributed by atoms with E-state index in [9.17, 15) is 0 Å². The highest BCUT2D eigenvalue weighted by atomic mass is 79.9. The largest absolute Gasteiger partial charge is 0.330 e. The average Bonchev–Trinajstić information content (AvgIpc) is 2.77. The van der Waals surface area contributed by atoms with E-state index in [1.807, 2.05) is 0 Å². The molecule has 1 aromatic rings. The lowest BCUT2D eigenvalue weighted by atomic mass is 10.0. The Kier molecular flexibility index (Phi) is 4.60. The molecule has 3 N–H and O–H groups in total. The molecule has 0 spiro atoms. The van der Waals surface area contributed by atoms with Crippen LogP contribution in [0.4, 0.5) is 0 Å². The zero-order valence-corrected chi connectivity index (χ0v) is 11.9. The second kappa shape index (κ2) is 5.98. The van der Waals surface area contributed by atoms with Gasteiger partial charge >= 0.3 is 0 Å². The molecule has 3 atom stereocenters. The lowest BCUT2D eigenvalue weighted by Crippen LogP contribution is -2.37. The van der Waals surface area contributed by atoms with Gasteiger partial charge in [0.2, 0.25) is 0 Å². The van der Waals surface area contributed by atoms with Gasteiger partial charge in [0.1, 0.15) is 0 Å². The highest BCUT2D eigenvalue weighted by Gasteiger charge is 2.26. The van der Waals surface area contributed by atoms with Crippen LogP contribution in [0.25, 0.3) is 0 Å². The van der Waals surface area contributed by atoms with Gasteiger partial charge in [0, 0.05) is 16.6 Å². The first-order valence-corrected chi connectivity index (χ1v) is 7.21. The predicted octanol–water partition coefficient (Wildman–Crippen LogP) is 3.23. The minimum Gasteiger partial charge on any atom is -0.330 e.